The first-order chi connectivity index (χ1) is 13.6. The van der Waals surface area contributed by atoms with E-state index in [1.165, 1.54) is 4.88 Å². The van der Waals surface area contributed by atoms with E-state index in [1.54, 1.807) is 23.6 Å². The quantitative estimate of drug-likeness (QED) is 0.692. The maximum atomic E-state index is 13.1. The van der Waals surface area contributed by atoms with Gasteiger partial charge in [0.05, 0.1) is 13.1 Å². The number of nitrogens with zero attached hydrogens (tertiary/aromatic N) is 5. The van der Waals surface area contributed by atoms with E-state index >= 15 is 0 Å². The highest BCUT2D eigenvalue weighted by Crippen LogP contribution is 2.20. The van der Waals surface area contributed by atoms with Crippen LogP contribution in [0.1, 0.15) is 27.6 Å². The van der Waals surface area contributed by atoms with Crippen molar-refractivity contribution < 1.29 is 4.79 Å². The normalized spacial score (nSPS) is 16.8. The average Bonchev–Trinajstić information content (AvgIpc) is 3.43. The van der Waals surface area contributed by atoms with Crippen LogP contribution in [-0.2, 0) is 13.1 Å². The highest BCUT2D eigenvalue weighted by atomic mass is 32.1. The largest absolute Gasteiger partial charge is 0.384 e. The van der Waals surface area contributed by atoms with Gasteiger partial charge in [-0.25, -0.2) is 9.97 Å². The van der Waals surface area contributed by atoms with Crippen LogP contribution in [0.25, 0.3) is 0 Å². The van der Waals surface area contributed by atoms with Crippen LogP contribution in [0.3, 0.4) is 0 Å². The van der Waals surface area contributed by atoms with Crippen molar-refractivity contribution in [2.75, 3.05) is 25.9 Å². The lowest BCUT2D eigenvalue weighted by molar-refractivity contribution is 0.0769. The number of carbonyl (C=O) groups is 1. The molecule has 0 aromatic carbocycles. The second kappa shape index (κ2) is 8.12. The van der Waals surface area contributed by atoms with E-state index in [9.17, 15) is 4.79 Å². The molecule has 1 fully saturated rings. The molecule has 4 rings (SSSR count). The van der Waals surface area contributed by atoms with E-state index in [4.69, 9.17) is 5.73 Å². The number of rotatable bonds is 6. The van der Waals surface area contributed by atoms with Crippen molar-refractivity contribution in [2.24, 2.45) is 0 Å². The molecule has 1 amide bonds. The minimum Gasteiger partial charge on any atom is -0.384 e. The van der Waals surface area contributed by atoms with Gasteiger partial charge in [-0.1, -0.05) is 6.07 Å². The van der Waals surface area contributed by atoms with Gasteiger partial charge in [0.25, 0.3) is 5.91 Å². The maximum Gasteiger partial charge on any atom is 0.270 e. The Morgan fingerprint density at radius 3 is 3.04 bits per heavy atom. The fraction of sp³-hybridized carbons (Fsp3) is 0.350. The molecule has 0 bridgehead atoms. The van der Waals surface area contributed by atoms with Gasteiger partial charge in [-0.2, -0.15) is 0 Å². The standard InChI is InChI=1S/C20H24N6OS/c1-24(14-19-22-8-6-18(21)23-19)15-7-10-26(12-15)20(27)17-5-2-9-25(17)13-16-4-3-11-28-16/h2-6,8-9,11,15H,7,10,12-14H2,1H3,(H2,21,22,23). The Morgan fingerprint density at radius 2 is 2.25 bits per heavy atom. The fourth-order valence-corrected chi connectivity index (χ4v) is 4.31. The van der Waals surface area contributed by atoms with Gasteiger partial charge in [-0.05, 0) is 43.1 Å². The number of amides is 1. The molecule has 2 N–H and O–H groups in total. The molecular weight excluding hydrogens is 372 g/mol. The first kappa shape index (κ1) is 18.6. The molecule has 7 nitrogen and oxygen atoms in total. The fourth-order valence-electron chi connectivity index (χ4n) is 3.61. The second-order valence-electron chi connectivity index (χ2n) is 7.11. The summed E-state index contributed by atoms with van der Waals surface area (Å²) in [5.74, 6) is 1.28. The third-order valence-electron chi connectivity index (χ3n) is 5.15. The van der Waals surface area contributed by atoms with Gasteiger partial charge >= 0.3 is 0 Å². The summed E-state index contributed by atoms with van der Waals surface area (Å²) >= 11 is 1.71. The van der Waals surface area contributed by atoms with E-state index in [0.29, 0.717) is 24.7 Å². The van der Waals surface area contributed by atoms with Crippen molar-refractivity contribution in [1.29, 1.82) is 0 Å². The van der Waals surface area contributed by atoms with Gasteiger partial charge in [0, 0.05) is 36.4 Å². The van der Waals surface area contributed by atoms with Crippen LogP contribution >= 0.6 is 11.3 Å². The second-order valence-corrected chi connectivity index (χ2v) is 8.14. The molecule has 1 atom stereocenters. The summed E-state index contributed by atoms with van der Waals surface area (Å²) in [6.07, 6.45) is 4.59. The number of nitrogens with two attached hydrogens (primary N) is 1. The van der Waals surface area contributed by atoms with Crippen molar-refractivity contribution in [3.8, 4) is 0 Å². The monoisotopic (exact) mass is 396 g/mol. The molecule has 28 heavy (non-hydrogen) atoms. The molecule has 3 aromatic rings. The van der Waals surface area contributed by atoms with Gasteiger partial charge in [0.15, 0.2) is 0 Å². The van der Waals surface area contributed by atoms with Crippen LogP contribution in [-0.4, -0.2) is 56.4 Å². The summed E-state index contributed by atoms with van der Waals surface area (Å²) < 4.78 is 2.03. The smallest absolute Gasteiger partial charge is 0.270 e. The minimum absolute atomic E-state index is 0.0951. The van der Waals surface area contributed by atoms with Crippen molar-refractivity contribution in [2.45, 2.75) is 25.6 Å². The Labute approximate surface area is 168 Å². The number of anilines is 1. The van der Waals surface area contributed by atoms with Gasteiger partial charge < -0.3 is 15.2 Å². The first-order valence-electron chi connectivity index (χ1n) is 9.34. The summed E-state index contributed by atoms with van der Waals surface area (Å²) in [7, 11) is 2.05. The molecule has 0 radical (unpaired) electrons. The molecular formula is C20H24N6OS. The zero-order valence-electron chi connectivity index (χ0n) is 15.9. The Balaban J connectivity index is 1.39. The summed E-state index contributed by atoms with van der Waals surface area (Å²) in [5.41, 5.74) is 6.49. The molecule has 8 heteroatoms. The van der Waals surface area contributed by atoms with E-state index in [1.807, 2.05) is 40.9 Å². The number of carbonyl (C=O) groups excluding carboxylic acids is 1. The van der Waals surface area contributed by atoms with Crippen molar-refractivity contribution in [3.05, 3.63) is 64.5 Å². The lowest BCUT2D eigenvalue weighted by Crippen LogP contribution is -2.37. The molecule has 3 aromatic heterocycles. The highest BCUT2D eigenvalue weighted by molar-refractivity contribution is 7.09. The summed E-state index contributed by atoms with van der Waals surface area (Å²) in [4.78, 5) is 27.0. The molecule has 1 aliphatic heterocycles. The van der Waals surface area contributed by atoms with Crippen LogP contribution in [0.5, 0.6) is 0 Å². The molecule has 0 aliphatic carbocycles. The predicted octanol–water partition coefficient (Wildman–Crippen LogP) is 2.32. The SMILES string of the molecule is CN(Cc1nccc(N)n1)C1CCN(C(=O)c2cccn2Cc2cccs2)C1. The first-order valence-corrected chi connectivity index (χ1v) is 10.2. The Bertz CT molecular complexity index is 938. The average molecular weight is 397 g/mol. The Kier molecular flexibility index (Phi) is 5.40. The Morgan fingerprint density at radius 1 is 1.36 bits per heavy atom. The zero-order valence-corrected chi connectivity index (χ0v) is 16.7. The number of hydrogen-bond donors (Lipinski definition) is 1. The zero-order chi connectivity index (χ0) is 19.5. The van der Waals surface area contributed by atoms with Crippen LogP contribution in [0.2, 0.25) is 0 Å². The number of likely N-dealkylation sites (tertiary alicyclic amines) is 1. The van der Waals surface area contributed by atoms with Gasteiger partial charge in [-0.3, -0.25) is 9.69 Å². The van der Waals surface area contributed by atoms with Crippen molar-refractivity contribution in [1.82, 2.24) is 24.3 Å². The number of aromatic nitrogens is 3. The number of hydrogen-bond acceptors (Lipinski definition) is 6. The maximum absolute atomic E-state index is 13.1. The molecule has 146 valence electrons. The molecule has 0 spiro atoms. The van der Waals surface area contributed by atoms with Gasteiger partial charge in [-0.15, -0.1) is 11.3 Å². The molecule has 0 saturated carbocycles. The summed E-state index contributed by atoms with van der Waals surface area (Å²) in [5, 5.41) is 2.06. The number of thiophene rings is 1. The predicted molar refractivity (Wildman–Crippen MR) is 110 cm³/mol. The molecule has 1 unspecified atom stereocenters. The molecule has 1 aliphatic rings. The third-order valence-corrected chi connectivity index (χ3v) is 6.01. The van der Waals surface area contributed by atoms with Crippen LogP contribution in [0, 0.1) is 0 Å². The van der Waals surface area contributed by atoms with E-state index < -0.39 is 0 Å². The summed E-state index contributed by atoms with van der Waals surface area (Å²) in [6.45, 7) is 2.82. The lowest BCUT2D eigenvalue weighted by atomic mass is 10.2. The van der Waals surface area contributed by atoms with Crippen molar-refractivity contribution >= 4 is 23.1 Å². The summed E-state index contributed by atoms with van der Waals surface area (Å²) in [6, 6.07) is 9.96. The van der Waals surface area contributed by atoms with E-state index in [2.05, 4.69) is 26.3 Å². The number of nitrogen functional groups attached to an aromatic ring is 1. The molecule has 1 saturated heterocycles. The van der Waals surface area contributed by atoms with Crippen LogP contribution in [0.4, 0.5) is 5.82 Å². The number of likely N-dealkylation sites (N-methyl/N-ethyl adjacent to an activating group) is 1. The van der Waals surface area contributed by atoms with Gasteiger partial charge in [0.2, 0.25) is 0 Å². The van der Waals surface area contributed by atoms with Gasteiger partial charge in [0.1, 0.15) is 17.3 Å². The lowest BCUT2D eigenvalue weighted by Gasteiger charge is -2.24. The van der Waals surface area contributed by atoms with E-state index in [0.717, 1.165) is 25.2 Å². The topological polar surface area (TPSA) is 80.3 Å². The Hall–Kier alpha value is -2.71. The highest BCUT2D eigenvalue weighted by Gasteiger charge is 2.30. The minimum atomic E-state index is 0.0951. The van der Waals surface area contributed by atoms with Crippen LogP contribution in [0.15, 0.2) is 48.1 Å². The van der Waals surface area contributed by atoms with Crippen molar-refractivity contribution in [3.63, 3.8) is 0 Å². The van der Waals surface area contributed by atoms with Crippen LogP contribution < -0.4 is 5.73 Å². The van der Waals surface area contributed by atoms with E-state index in [-0.39, 0.29) is 11.9 Å². The molecule has 4 heterocycles. The third kappa shape index (κ3) is 4.07.